The minimum absolute atomic E-state index is 0.0233. The van der Waals surface area contributed by atoms with Crippen LogP contribution in [0.15, 0.2) is 36.7 Å². The Hall–Kier alpha value is -2.15. The van der Waals surface area contributed by atoms with E-state index in [1.807, 2.05) is 4.90 Å². The van der Waals surface area contributed by atoms with E-state index < -0.39 is 0 Å². The van der Waals surface area contributed by atoms with Crippen LogP contribution < -0.4 is 4.90 Å². The van der Waals surface area contributed by atoms with Crippen molar-refractivity contribution in [3.05, 3.63) is 57.2 Å². The van der Waals surface area contributed by atoms with E-state index in [1.54, 1.807) is 48.0 Å². The summed E-state index contributed by atoms with van der Waals surface area (Å²) in [5.41, 5.74) is 0.772. The van der Waals surface area contributed by atoms with Gasteiger partial charge in [0.2, 0.25) is 5.91 Å². The number of aryl methyl sites for hydroxylation is 1. The Kier molecular flexibility index (Phi) is 5.53. The van der Waals surface area contributed by atoms with Crippen molar-refractivity contribution in [2.24, 2.45) is 0 Å². The van der Waals surface area contributed by atoms with Gasteiger partial charge in [-0.15, -0.1) is 11.3 Å². The van der Waals surface area contributed by atoms with Crippen LogP contribution in [-0.4, -0.2) is 47.0 Å². The highest BCUT2D eigenvalue weighted by molar-refractivity contribution is 7.18. The Balaban J connectivity index is 1.42. The van der Waals surface area contributed by atoms with Crippen LogP contribution in [0.5, 0.6) is 0 Å². The molecule has 1 saturated heterocycles. The number of piperazine rings is 1. The molecule has 1 aromatic carbocycles. The van der Waals surface area contributed by atoms with E-state index in [0.29, 0.717) is 23.1 Å². The van der Waals surface area contributed by atoms with Gasteiger partial charge in [0.05, 0.1) is 5.39 Å². The third-order valence-electron chi connectivity index (χ3n) is 4.69. The fourth-order valence-electron chi connectivity index (χ4n) is 3.26. The standard InChI is InChI=1S/C20H18Cl2N4OS/c1-13-10-16-19(23-12-24-20(16)28-13)26-8-6-25(7-9-26)18(27)5-3-14-2-4-15(21)11-17(14)22/h2-5,10-12H,6-9H2,1H3/b5-3+. The molecule has 3 aromatic rings. The number of nitrogens with zero attached hydrogens (tertiary/aromatic N) is 4. The molecule has 4 rings (SSSR count). The van der Waals surface area contributed by atoms with Crippen molar-refractivity contribution in [1.82, 2.24) is 14.9 Å². The Labute approximate surface area is 177 Å². The fourth-order valence-corrected chi connectivity index (χ4v) is 4.57. The van der Waals surface area contributed by atoms with Gasteiger partial charge in [0.1, 0.15) is 17.0 Å². The molecule has 0 N–H and O–H groups in total. The molecule has 1 aliphatic heterocycles. The van der Waals surface area contributed by atoms with Gasteiger partial charge < -0.3 is 9.80 Å². The molecule has 1 aliphatic rings. The third kappa shape index (κ3) is 3.99. The first kappa shape index (κ1) is 19.2. The zero-order chi connectivity index (χ0) is 19.7. The van der Waals surface area contributed by atoms with Gasteiger partial charge in [-0.3, -0.25) is 4.79 Å². The highest BCUT2D eigenvalue weighted by Crippen LogP contribution is 2.30. The molecular weight excluding hydrogens is 415 g/mol. The topological polar surface area (TPSA) is 49.3 Å². The summed E-state index contributed by atoms with van der Waals surface area (Å²) in [5, 5.41) is 2.19. The predicted octanol–water partition coefficient (Wildman–Crippen LogP) is 4.67. The van der Waals surface area contributed by atoms with Gasteiger partial charge >= 0.3 is 0 Å². The molecular formula is C20H18Cl2N4OS. The second kappa shape index (κ2) is 8.07. The molecule has 0 saturated carbocycles. The summed E-state index contributed by atoms with van der Waals surface area (Å²) < 4.78 is 0. The highest BCUT2D eigenvalue weighted by atomic mass is 35.5. The number of halogens is 2. The highest BCUT2D eigenvalue weighted by Gasteiger charge is 2.22. The van der Waals surface area contributed by atoms with Crippen molar-refractivity contribution >= 4 is 62.6 Å². The summed E-state index contributed by atoms with van der Waals surface area (Å²) in [6.07, 6.45) is 4.91. The first-order chi connectivity index (χ1) is 13.5. The molecule has 0 unspecified atom stereocenters. The van der Waals surface area contributed by atoms with Crippen LogP contribution in [0.25, 0.3) is 16.3 Å². The van der Waals surface area contributed by atoms with E-state index in [2.05, 4.69) is 27.9 Å². The van der Waals surface area contributed by atoms with Crippen molar-refractivity contribution < 1.29 is 4.79 Å². The largest absolute Gasteiger partial charge is 0.352 e. The maximum absolute atomic E-state index is 12.5. The molecule has 0 atom stereocenters. The zero-order valence-electron chi connectivity index (χ0n) is 15.2. The van der Waals surface area contributed by atoms with E-state index in [1.165, 1.54) is 4.88 Å². The molecule has 1 fully saturated rings. The first-order valence-electron chi connectivity index (χ1n) is 8.89. The number of amides is 1. The monoisotopic (exact) mass is 432 g/mol. The summed E-state index contributed by atoms with van der Waals surface area (Å²) >= 11 is 13.7. The average Bonchev–Trinajstić information content (AvgIpc) is 3.07. The minimum Gasteiger partial charge on any atom is -0.352 e. The zero-order valence-corrected chi connectivity index (χ0v) is 17.6. The summed E-state index contributed by atoms with van der Waals surface area (Å²) in [7, 11) is 0. The lowest BCUT2D eigenvalue weighted by molar-refractivity contribution is -0.126. The molecule has 144 valence electrons. The average molecular weight is 433 g/mol. The van der Waals surface area contributed by atoms with Crippen LogP contribution in [0.4, 0.5) is 5.82 Å². The maximum Gasteiger partial charge on any atom is 0.246 e. The van der Waals surface area contributed by atoms with Gasteiger partial charge in [0, 0.05) is 47.2 Å². The molecule has 8 heteroatoms. The molecule has 28 heavy (non-hydrogen) atoms. The molecule has 2 aromatic heterocycles. The number of benzene rings is 1. The normalized spacial score (nSPS) is 15.0. The van der Waals surface area contributed by atoms with Gasteiger partial charge in [-0.05, 0) is 36.8 Å². The summed E-state index contributed by atoms with van der Waals surface area (Å²) in [6.45, 7) is 4.84. The number of hydrogen-bond acceptors (Lipinski definition) is 5. The third-order valence-corrected chi connectivity index (χ3v) is 6.21. The van der Waals surface area contributed by atoms with Crippen LogP contribution in [0.2, 0.25) is 10.0 Å². The number of rotatable bonds is 3. The van der Waals surface area contributed by atoms with Gasteiger partial charge in [-0.2, -0.15) is 0 Å². The molecule has 1 amide bonds. The number of hydrogen-bond donors (Lipinski definition) is 0. The quantitative estimate of drug-likeness (QED) is 0.564. The molecule has 0 spiro atoms. The molecule has 5 nitrogen and oxygen atoms in total. The van der Waals surface area contributed by atoms with Gasteiger partial charge in [0.15, 0.2) is 0 Å². The smallest absolute Gasteiger partial charge is 0.246 e. The Morgan fingerprint density at radius 1 is 1.14 bits per heavy atom. The van der Waals surface area contributed by atoms with Crippen LogP contribution in [0, 0.1) is 6.92 Å². The number of fused-ring (bicyclic) bond motifs is 1. The summed E-state index contributed by atoms with van der Waals surface area (Å²) in [5.74, 6) is 0.926. The number of carbonyl (C=O) groups is 1. The van der Waals surface area contributed by atoms with Gasteiger partial charge in [-0.1, -0.05) is 29.3 Å². The maximum atomic E-state index is 12.5. The van der Waals surface area contributed by atoms with Crippen LogP contribution in [0.3, 0.4) is 0 Å². The molecule has 0 aliphatic carbocycles. The molecule has 0 bridgehead atoms. The number of carbonyl (C=O) groups excluding carboxylic acids is 1. The summed E-state index contributed by atoms with van der Waals surface area (Å²) in [4.78, 5) is 27.7. The second-order valence-corrected chi connectivity index (χ2v) is 8.66. The number of anilines is 1. The minimum atomic E-state index is -0.0233. The SMILES string of the molecule is Cc1cc2c(N3CCN(C(=O)/C=C/c4ccc(Cl)cc4Cl)CC3)ncnc2s1. The number of thiophene rings is 1. The first-order valence-corrected chi connectivity index (χ1v) is 10.5. The van der Waals surface area contributed by atoms with Crippen LogP contribution in [0.1, 0.15) is 10.4 Å². The van der Waals surface area contributed by atoms with E-state index >= 15 is 0 Å². The van der Waals surface area contributed by atoms with Gasteiger partial charge in [-0.25, -0.2) is 9.97 Å². The lowest BCUT2D eigenvalue weighted by Crippen LogP contribution is -2.48. The van der Waals surface area contributed by atoms with E-state index in [-0.39, 0.29) is 5.91 Å². The lowest BCUT2D eigenvalue weighted by Gasteiger charge is -2.35. The predicted molar refractivity (Wildman–Crippen MR) is 116 cm³/mol. The van der Waals surface area contributed by atoms with Crippen molar-refractivity contribution in [3.8, 4) is 0 Å². The molecule has 0 radical (unpaired) electrons. The molecule has 3 heterocycles. The van der Waals surface area contributed by atoms with E-state index in [0.717, 1.165) is 34.7 Å². The van der Waals surface area contributed by atoms with Gasteiger partial charge in [0.25, 0.3) is 0 Å². The van der Waals surface area contributed by atoms with Crippen LogP contribution >= 0.6 is 34.5 Å². The second-order valence-electron chi connectivity index (χ2n) is 6.58. The van der Waals surface area contributed by atoms with Crippen LogP contribution in [-0.2, 0) is 4.79 Å². The Bertz CT molecular complexity index is 1060. The summed E-state index contributed by atoms with van der Waals surface area (Å²) in [6, 6.07) is 7.35. The van der Waals surface area contributed by atoms with E-state index in [9.17, 15) is 4.79 Å². The van der Waals surface area contributed by atoms with Crippen molar-refractivity contribution in [1.29, 1.82) is 0 Å². The van der Waals surface area contributed by atoms with Crippen molar-refractivity contribution in [2.75, 3.05) is 31.1 Å². The lowest BCUT2D eigenvalue weighted by atomic mass is 10.2. The van der Waals surface area contributed by atoms with E-state index in [4.69, 9.17) is 23.2 Å². The Morgan fingerprint density at radius 3 is 2.68 bits per heavy atom. The Morgan fingerprint density at radius 2 is 1.93 bits per heavy atom. The van der Waals surface area contributed by atoms with Crippen molar-refractivity contribution in [2.45, 2.75) is 6.92 Å². The number of aromatic nitrogens is 2. The van der Waals surface area contributed by atoms with Crippen molar-refractivity contribution in [3.63, 3.8) is 0 Å². The fraction of sp³-hybridized carbons (Fsp3) is 0.250.